The largest absolute Gasteiger partial charge is 0.381 e. The molecule has 0 saturated carbocycles. The van der Waals surface area contributed by atoms with E-state index >= 15 is 0 Å². The summed E-state index contributed by atoms with van der Waals surface area (Å²) in [6.45, 7) is 1.75. The maximum atomic E-state index is 6.40. The Kier molecular flexibility index (Phi) is 2.08. The molecule has 1 saturated heterocycles. The number of hydrogen-bond acceptors (Lipinski definition) is 2. The molecule has 1 fully saturated rings. The van der Waals surface area contributed by atoms with Gasteiger partial charge in [0, 0.05) is 19.3 Å². The average Bonchev–Trinajstić information content (AvgIpc) is 2.54. The summed E-state index contributed by atoms with van der Waals surface area (Å²) in [6, 6.07) is 8.84. The molecular weight excluding hydrogens is 186 g/mol. The van der Waals surface area contributed by atoms with Gasteiger partial charge in [0.1, 0.15) is 0 Å². The third kappa shape index (κ3) is 1.32. The number of ether oxygens (including phenoxy) is 1. The lowest BCUT2D eigenvalue weighted by Crippen LogP contribution is -2.37. The van der Waals surface area contributed by atoms with Crippen molar-refractivity contribution < 1.29 is 4.74 Å². The quantitative estimate of drug-likeness (QED) is 0.700. The molecule has 3 rings (SSSR count). The number of benzene rings is 1. The molecule has 1 aliphatic heterocycles. The number of nitrogens with two attached hydrogens (primary N) is 1. The second kappa shape index (κ2) is 3.32. The molecule has 2 heteroatoms. The predicted octanol–water partition coefficient (Wildman–Crippen LogP) is 2.04. The van der Waals surface area contributed by atoms with Crippen LogP contribution in [-0.4, -0.2) is 13.2 Å². The normalized spacial score (nSPS) is 27.9. The number of rotatable bonds is 0. The van der Waals surface area contributed by atoms with Crippen LogP contribution in [0.1, 0.15) is 30.0 Å². The molecule has 1 aliphatic carbocycles. The fourth-order valence-electron chi connectivity index (χ4n) is 3.08. The van der Waals surface area contributed by atoms with Gasteiger partial charge in [-0.25, -0.2) is 0 Å². The van der Waals surface area contributed by atoms with Crippen molar-refractivity contribution in [1.82, 2.24) is 0 Å². The highest BCUT2D eigenvalue weighted by molar-refractivity contribution is 5.38. The molecule has 2 nitrogen and oxygen atoms in total. The zero-order chi connectivity index (χ0) is 10.3. The standard InChI is InChI=1S/C13H17NO/c14-12-11-4-2-1-3-10(11)9-13(12)5-7-15-8-6-13/h1-4,12H,5-9,14H2/t12-/m1/s1. The first-order valence-corrected chi connectivity index (χ1v) is 5.73. The van der Waals surface area contributed by atoms with Crippen LogP contribution in [-0.2, 0) is 11.2 Å². The molecule has 0 unspecified atom stereocenters. The van der Waals surface area contributed by atoms with Crippen LogP contribution in [0.5, 0.6) is 0 Å². The number of hydrogen-bond donors (Lipinski definition) is 1. The van der Waals surface area contributed by atoms with Gasteiger partial charge in [-0.05, 0) is 35.8 Å². The lowest BCUT2D eigenvalue weighted by molar-refractivity contribution is 0.00696. The van der Waals surface area contributed by atoms with E-state index in [0.29, 0.717) is 5.41 Å². The lowest BCUT2D eigenvalue weighted by atomic mass is 9.75. The van der Waals surface area contributed by atoms with Crippen LogP contribution in [0, 0.1) is 5.41 Å². The smallest absolute Gasteiger partial charge is 0.0472 e. The van der Waals surface area contributed by atoms with Crippen LogP contribution in [0.3, 0.4) is 0 Å². The van der Waals surface area contributed by atoms with Crippen molar-refractivity contribution in [2.75, 3.05) is 13.2 Å². The third-order valence-corrected chi connectivity index (χ3v) is 4.08. The van der Waals surface area contributed by atoms with Crippen LogP contribution in [0.25, 0.3) is 0 Å². The number of fused-ring (bicyclic) bond motifs is 1. The first-order chi connectivity index (χ1) is 7.32. The highest BCUT2D eigenvalue weighted by Gasteiger charge is 2.44. The van der Waals surface area contributed by atoms with E-state index in [1.54, 1.807) is 0 Å². The lowest BCUT2D eigenvalue weighted by Gasteiger charge is -2.37. The average molecular weight is 203 g/mol. The second-order valence-corrected chi connectivity index (χ2v) is 4.83. The van der Waals surface area contributed by atoms with Crippen molar-refractivity contribution in [3.8, 4) is 0 Å². The van der Waals surface area contributed by atoms with Crippen molar-refractivity contribution >= 4 is 0 Å². The van der Waals surface area contributed by atoms with Crippen LogP contribution >= 0.6 is 0 Å². The van der Waals surface area contributed by atoms with Crippen molar-refractivity contribution in [3.05, 3.63) is 35.4 Å². The van der Waals surface area contributed by atoms with Crippen LogP contribution < -0.4 is 5.73 Å². The molecule has 2 N–H and O–H groups in total. The summed E-state index contributed by atoms with van der Waals surface area (Å²) in [4.78, 5) is 0. The molecule has 0 amide bonds. The van der Waals surface area contributed by atoms with E-state index in [2.05, 4.69) is 24.3 Å². The topological polar surface area (TPSA) is 35.2 Å². The van der Waals surface area contributed by atoms with Crippen molar-refractivity contribution in [3.63, 3.8) is 0 Å². The zero-order valence-electron chi connectivity index (χ0n) is 8.91. The summed E-state index contributed by atoms with van der Waals surface area (Å²) in [5, 5.41) is 0. The Labute approximate surface area is 90.4 Å². The monoisotopic (exact) mass is 203 g/mol. The Hall–Kier alpha value is -0.860. The first kappa shape index (κ1) is 9.37. The van der Waals surface area contributed by atoms with Crippen molar-refractivity contribution in [2.24, 2.45) is 11.1 Å². The fourth-order valence-corrected chi connectivity index (χ4v) is 3.08. The Morgan fingerprint density at radius 3 is 2.67 bits per heavy atom. The molecule has 1 aromatic rings. The summed E-state index contributed by atoms with van der Waals surface area (Å²) in [6.07, 6.45) is 3.37. The first-order valence-electron chi connectivity index (χ1n) is 5.73. The molecule has 1 atom stereocenters. The van der Waals surface area contributed by atoms with E-state index in [4.69, 9.17) is 10.5 Å². The molecule has 2 aliphatic rings. The Morgan fingerprint density at radius 1 is 1.20 bits per heavy atom. The van der Waals surface area contributed by atoms with Gasteiger partial charge in [-0.15, -0.1) is 0 Å². The molecule has 0 bridgehead atoms. The predicted molar refractivity (Wildman–Crippen MR) is 59.6 cm³/mol. The van der Waals surface area contributed by atoms with Gasteiger partial charge in [0.25, 0.3) is 0 Å². The van der Waals surface area contributed by atoms with E-state index in [0.717, 1.165) is 32.5 Å². The molecule has 15 heavy (non-hydrogen) atoms. The zero-order valence-corrected chi connectivity index (χ0v) is 8.91. The van der Waals surface area contributed by atoms with E-state index < -0.39 is 0 Å². The van der Waals surface area contributed by atoms with Gasteiger partial charge < -0.3 is 10.5 Å². The summed E-state index contributed by atoms with van der Waals surface area (Å²) in [5.41, 5.74) is 9.51. The summed E-state index contributed by atoms with van der Waals surface area (Å²) in [5.74, 6) is 0. The van der Waals surface area contributed by atoms with Gasteiger partial charge in [0.2, 0.25) is 0 Å². The molecule has 1 spiro atoms. The Balaban J connectivity index is 1.98. The minimum absolute atomic E-state index is 0.220. The summed E-state index contributed by atoms with van der Waals surface area (Å²) in [7, 11) is 0. The maximum Gasteiger partial charge on any atom is 0.0472 e. The van der Waals surface area contributed by atoms with Crippen LogP contribution in [0.15, 0.2) is 24.3 Å². The summed E-state index contributed by atoms with van der Waals surface area (Å²) >= 11 is 0. The van der Waals surface area contributed by atoms with E-state index in [1.165, 1.54) is 11.1 Å². The van der Waals surface area contributed by atoms with Gasteiger partial charge in [-0.2, -0.15) is 0 Å². The van der Waals surface area contributed by atoms with Crippen molar-refractivity contribution in [1.29, 1.82) is 0 Å². The van der Waals surface area contributed by atoms with E-state index in [-0.39, 0.29) is 6.04 Å². The van der Waals surface area contributed by atoms with Gasteiger partial charge in [0.05, 0.1) is 0 Å². The van der Waals surface area contributed by atoms with Gasteiger partial charge in [0.15, 0.2) is 0 Å². The van der Waals surface area contributed by atoms with Crippen LogP contribution in [0.2, 0.25) is 0 Å². The highest BCUT2D eigenvalue weighted by Crippen LogP contribution is 2.50. The molecule has 0 radical (unpaired) electrons. The van der Waals surface area contributed by atoms with Crippen molar-refractivity contribution in [2.45, 2.75) is 25.3 Å². The SMILES string of the molecule is N[C@@H]1c2ccccc2CC12CCOCC2. The Morgan fingerprint density at radius 2 is 1.93 bits per heavy atom. The third-order valence-electron chi connectivity index (χ3n) is 4.08. The molecule has 80 valence electrons. The summed E-state index contributed by atoms with van der Waals surface area (Å²) < 4.78 is 5.45. The molecule has 1 heterocycles. The minimum Gasteiger partial charge on any atom is -0.381 e. The Bertz CT molecular complexity index is 369. The van der Waals surface area contributed by atoms with Gasteiger partial charge >= 0.3 is 0 Å². The minimum atomic E-state index is 0.220. The molecule has 1 aromatic carbocycles. The fraction of sp³-hybridized carbons (Fsp3) is 0.538. The van der Waals surface area contributed by atoms with Gasteiger partial charge in [-0.1, -0.05) is 24.3 Å². The van der Waals surface area contributed by atoms with Gasteiger partial charge in [-0.3, -0.25) is 0 Å². The molecular formula is C13H17NO. The van der Waals surface area contributed by atoms with E-state index in [9.17, 15) is 0 Å². The molecule has 0 aromatic heterocycles. The second-order valence-electron chi connectivity index (χ2n) is 4.83. The van der Waals surface area contributed by atoms with Crippen LogP contribution in [0.4, 0.5) is 0 Å². The maximum absolute atomic E-state index is 6.40. The highest BCUT2D eigenvalue weighted by atomic mass is 16.5. The van der Waals surface area contributed by atoms with E-state index in [1.807, 2.05) is 0 Å².